The molecule has 0 saturated heterocycles. The van der Waals surface area contributed by atoms with Crippen LogP contribution < -0.4 is 4.74 Å². The van der Waals surface area contributed by atoms with Gasteiger partial charge in [-0.2, -0.15) is 0 Å². The normalized spacial score (nSPS) is 11.4. The molecule has 0 bridgehead atoms. The van der Waals surface area contributed by atoms with Crippen LogP contribution in [0.15, 0.2) is 36.4 Å². The maximum Gasteiger partial charge on any atom is 0.319 e. The Morgan fingerprint density at radius 3 is 1.80 bits per heavy atom. The van der Waals surface area contributed by atoms with Crippen molar-refractivity contribution in [2.75, 3.05) is 0 Å². The number of non-ortho nitro benzene ring substituents is 2. The highest BCUT2D eigenvalue weighted by Gasteiger charge is 2.32. The van der Waals surface area contributed by atoms with Crippen molar-refractivity contribution in [2.45, 2.75) is 19.3 Å². The van der Waals surface area contributed by atoms with Crippen molar-refractivity contribution in [3.05, 3.63) is 82.4 Å². The number of rotatable bonds is 8. The van der Waals surface area contributed by atoms with Crippen LogP contribution in [0.1, 0.15) is 24.8 Å². The van der Waals surface area contributed by atoms with Gasteiger partial charge in [0.25, 0.3) is 17.1 Å². The van der Waals surface area contributed by atoms with Gasteiger partial charge in [0.2, 0.25) is 5.75 Å². The zero-order valence-corrected chi connectivity index (χ0v) is 15.1. The van der Waals surface area contributed by atoms with Crippen LogP contribution in [0.3, 0.4) is 0 Å². The number of benzene rings is 2. The molecule has 0 radical (unpaired) electrons. The van der Waals surface area contributed by atoms with Crippen LogP contribution in [0.5, 0.6) is 5.75 Å². The lowest BCUT2D eigenvalue weighted by molar-refractivity contribution is -0.394. The predicted molar refractivity (Wildman–Crippen MR) is 98.2 cm³/mol. The van der Waals surface area contributed by atoms with E-state index in [-0.39, 0.29) is 12.0 Å². The van der Waals surface area contributed by atoms with E-state index in [0.717, 1.165) is 24.3 Å². The topological polar surface area (TPSA) is 199 Å². The summed E-state index contributed by atoms with van der Waals surface area (Å²) in [5.41, 5.74) is -2.86. The fourth-order valence-electron chi connectivity index (χ4n) is 2.64. The van der Waals surface area contributed by atoms with Crippen molar-refractivity contribution < 1.29 is 29.2 Å². The van der Waals surface area contributed by atoms with Crippen LogP contribution in [0.4, 0.5) is 22.7 Å². The Morgan fingerprint density at radius 1 is 0.833 bits per heavy atom. The van der Waals surface area contributed by atoms with Gasteiger partial charge < -0.3 is 4.74 Å². The van der Waals surface area contributed by atoms with Gasteiger partial charge in [-0.15, -0.1) is 0 Å². The lowest BCUT2D eigenvalue weighted by Gasteiger charge is -2.14. The Kier molecular flexibility index (Phi) is 6.31. The third-order valence-electron chi connectivity index (χ3n) is 4.05. The molecule has 14 heteroatoms. The fraction of sp³-hybridized carbons (Fsp3) is 0.188. The molecule has 0 amide bonds. The number of hydrogen-bond donors (Lipinski definition) is 0. The molecule has 14 nitrogen and oxygen atoms in total. The van der Waals surface area contributed by atoms with Gasteiger partial charge in [-0.05, 0) is 18.6 Å². The molecule has 0 aliphatic rings. The summed E-state index contributed by atoms with van der Waals surface area (Å²) >= 11 is 0. The van der Waals surface area contributed by atoms with Gasteiger partial charge in [0.15, 0.2) is 0 Å². The van der Waals surface area contributed by atoms with Crippen LogP contribution in [0.25, 0.3) is 0 Å². The number of nitro benzene ring substituents is 4. The molecule has 2 aromatic rings. The summed E-state index contributed by atoms with van der Waals surface area (Å²) in [6, 6.07) is 5.08. The highest BCUT2D eigenvalue weighted by Crippen LogP contribution is 2.36. The molecule has 0 aliphatic heterocycles. The van der Waals surface area contributed by atoms with E-state index in [0.29, 0.717) is 12.1 Å². The molecule has 0 spiro atoms. The molecule has 1 atom stereocenters. The average molecular weight is 420 g/mol. The van der Waals surface area contributed by atoms with Crippen LogP contribution in [-0.4, -0.2) is 25.7 Å². The first-order valence-electron chi connectivity index (χ1n) is 8.14. The van der Waals surface area contributed by atoms with E-state index in [1.54, 1.807) is 0 Å². The molecule has 1 unspecified atom stereocenters. The molecule has 0 fully saturated rings. The van der Waals surface area contributed by atoms with E-state index in [4.69, 9.17) is 4.74 Å². The molecule has 0 saturated carbocycles. The van der Waals surface area contributed by atoms with Crippen molar-refractivity contribution in [3.8, 4) is 5.75 Å². The summed E-state index contributed by atoms with van der Waals surface area (Å²) in [5, 5.41) is 44.1. The third kappa shape index (κ3) is 4.49. The molecule has 156 valence electrons. The van der Waals surface area contributed by atoms with Crippen molar-refractivity contribution in [2.24, 2.45) is 0 Å². The summed E-state index contributed by atoms with van der Waals surface area (Å²) in [5.74, 6) is -2.97. The van der Waals surface area contributed by atoms with E-state index in [9.17, 15) is 45.3 Å². The Bertz CT molecular complexity index is 1070. The molecular formula is C16H12N4O10. The van der Waals surface area contributed by atoms with Crippen molar-refractivity contribution >= 4 is 28.7 Å². The van der Waals surface area contributed by atoms with Gasteiger partial charge in [0.05, 0.1) is 37.7 Å². The van der Waals surface area contributed by atoms with Crippen LogP contribution in [0, 0.1) is 40.5 Å². The minimum Gasteiger partial charge on any atom is -0.419 e. The van der Waals surface area contributed by atoms with Gasteiger partial charge in [-0.3, -0.25) is 45.3 Å². The molecule has 2 rings (SSSR count). The second kappa shape index (κ2) is 8.68. The van der Waals surface area contributed by atoms with Gasteiger partial charge in [0, 0.05) is 17.7 Å². The number of nitrogens with zero attached hydrogens (tertiary/aromatic N) is 4. The second-order valence-electron chi connectivity index (χ2n) is 5.81. The summed E-state index contributed by atoms with van der Waals surface area (Å²) in [6.45, 7) is 1.49. The Labute approximate surface area is 166 Å². The molecule has 0 aromatic heterocycles. The first kappa shape index (κ1) is 21.8. The maximum atomic E-state index is 12.6. The lowest BCUT2D eigenvalue weighted by Crippen LogP contribution is -2.20. The Hall–Kier alpha value is -4.49. The second-order valence-corrected chi connectivity index (χ2v) is 5.81. The van der Waals surface area contributed by atoms with Crippen LogP contribution in [-0.2, 0) is 4.79 Å². The first-order valence-corrected chi connectivity index (χ1v) is 8.14. The smallest absolute Gasteiger partial charge is 0.319 e. The third-order valence-corrected chi connectivity index (χ3v) is 4.05. The molecular weight excluding hydrogens is 408 g/mol. The van der Waals surface area contributed by atoms with Gasteiger partial charge in [-0.25, -0.2) is 0 Å². The average Bonchev–Trinajstić information content (AvgIpc) is 2.68. The maximum absolute atomic E-state index is 12.6. The minimum atomic E-state index is -1.28. The lowest BCUT2D eigenvalue weighted by atomic mass is 9.94. The molecule has 0 N–H and O–H groups in total. The highest BCUT2D eigenvalue weighted by atomic mass is 16.6. The van der Waals surface area contributed by atoms with E-state index in [1.807, 2.05) is 0 Å². The van der Waals surface area contributed by atoms with E-state index in [2.05, 4.69) is 0 Å². The SMILES string of the molecule is CCC(C(=O)Oc1ccc([N+](=O)[O-])cc1[N+](=O)[O-])c1ccc([N+](=O)[O-])cc1[N+](=O)[O-]. The number of ether oxygens (including phenoxy) is 1. The van der Waals surface area contributed by atoms with E-state index in [1.165, 1.54) is 6.92 Å². The number of hydrogen-bond acceptors (Lipinski definition) is 10. The number of nitro groups is 4. The summed E-state index contributed by atoms with van der Waals surface area (Å²) < 4.78 is 5.00. The van der Waals surface area contributed by atoms with Crippen molar-refractivity contribution in [3.63, 3.8) is 0 Å². The Balaban J connectivity index is 2.45. The van der Waals surface area contributed by atoms with Crippen molar-refractivity contribution in [1.29, 1.82) is 0 Å². The molecule has 0 heterocycles. The molecule has 0 aliphatic carbocycles. The molecule has 2 aromatic carbocycles. The monoisotopic (exact) mass is 420 g/mol. The zero-order chi connectivity index (χ0) is 22.6. The van der Waals surface area contributed by atoms with Gasteiger partial charge in [-0.1, -0.05) is 6.92 Å². The van der Waals surface area contributed by atoms with Gasteiger partial charge in [0.1, 0.15) is 0 Å². The van der Waals surface area contributed by atoms with Crippen molar-refractivity contribution in [1.82, 2.24) is 0 Å². The van der Waals surface area contributed by atoms with E-state index < -0.39 is 60.1 Å². The number of carbonyl (C=O) groups excluding carboxylic acids is 1. The number of carbonyl (C=O) groups is 1. The fourth-order valence-corrected chi connectivity index (χ4v) is 2.64. The number of esters is 1. The predicted octanol–water partition coefficient (Wildman–Crippen LogP) is 3.42. The first-order chi connectivity index (χ1) is 14.1. The quantitative estimate of drug-likeness (QED) is 0.264. The standard InChI is InChI=1S/C16H12N4O10/c1-2-11(12-5-3-9(17(22)23)7-13(12)19(26)27)16(21)30-15-6-4-10(18(24)25)8-14(15)20(28)29/h3-8,11H,2H2,1H3. The summed E-state index contributed by atoms with van der Waals surface area (Å²) in [4.78, 5) is 53.2. The van der Waals surface area contributed by atoms with E-state index >= 15 is 0 Å². The molecule has 30 heavy (non-hydrogen) atoms. The van der Waals surface area contributed by atoms with Crippen LogP contribution in [0.2, 0.25) is 0 Å². The minimum absolute atomic E-state index is 0.0295. The Morgan fingerprint density at radius 2 is 1.33 bits per heavy atom. The summed E-state index contributed by atoms with van der Waals surface area (Å²) in [7, 11) is 0. The van der Waals surface area contributed by atoms with Gasteiger partial charge >= 0.3 is 11.7 Å². The largest absolute Gasteiger partial charge is 0.419 e. The zero-order valence-electron chi connectivity index (χ0n) is 15.1. The highest BCUT2D eigenvalue weighted by molar-refractivity contribution is 5.83. The van der Waals surface area contributed by atoms with Crippen LogP contribution >= 0.6 is 0 Å². The summed E-state index contributed by atoms with van der Waals surface area (Å²) in [6.07, 6.45) is -0.0295.